The second kappa shape index (κ2) is 7.76. The molecule has 1 atom stereocenters. The number of amides is 2. The zero-order valence-corrected chi connectivity index (χ0v) is 15.8. The summed E-state index contributed by atoms with van der Waals surface area (Å²) in [6, 6.07) is 4.73. The van der Waals surface area contributed by atoms with E-state index in [-0.39, 0.29) is 30.1 Å². The van der Waals surface area contributed by atoms with E-state index in [1.54, 1.807) is 25.1 Å². The molecule has 7 heteroatoms. The van der Waals surface area contributed by atoms with Crippen LogP contribution in [0.3, 0.4) is 0 Å². The van der Waals surface area contributed by atoms with E-state index < -0.39 is 6.04 Å². The number of esters is 1. The van der Waals surface area contributed by atoms with Gasteiger partial charge in [-0.15, -0.1) is 0 Å². The summed E-state index contributed by atoms with van der Waals surface area (Å²) in [7, 11) is 0. The van der Waals surface area contributed by atoms with Crippen LogP contribution in [0.5, 0.6) is 0 Å². The Bertz CT molecular complexity index is 728. The monoisotopic (exact) mass is 378 g/mol. The quantitative estimate of drug-likeness (QED) is 0.595. The summed E-state index contributed by atoms with van der Waals surface area (Å²) in [4.78, 5) is 40.6. The fraction of sp³-hybridized carbons (Fsp3) is 0.526. The van der Waals surface area contributed by atoms with Gasteiger partial charge in [-0.3, -0.25) is 19.3 Å². The first-order valence-electron chi connectivity index (χ1n) is 8.96. The maximum atomic E-state index is 12.9. The molecule has 6 nitrogen and oxygen atoms in total. The van der Waals surface area contributed by atoms with Crippen molar-refractivity contribution >= 4 is 35.1 Å². The maximum absolute atomic E-state index is 12.9. The highest BCUT2D eigenvalue weighted by molar-refractivity contribution is 6.31. The molecular weight excluding hydrogens is 356 g/mol. The van der Waals surface area contributed by atoms with Crippen LogP contribution in [0.1, 0.15) is 31.7 Å². The lowest BCUT2D eigenvalue weighted by atomic mass is 9.95. The molecule has 2 aliphatic heterocycles. The molecule has 0 saturated carbocycles. The van der Waals surface area contributed by atoms with Crippen LogP contribution in [0.2, 0.25) is 5.02 Å². The molecule has 0 aliphatic carbocycles. The third-order valence-corrected chi connectivity index (χ3v) is 5.36. The van der Waals surface area contributed by atoms with Crippen LogP contribution in [0.15, 0.2) is 18.2 Å². The number of halogens is 1. The molecular formula is C19H23ClN2O4. The largest absolute Gasteiger partial charge is 0.466 e. The van der Waals surface area contributed by atoms with Gasteiger partial charge in [-0.05, 0) is 57.5 Å². The van der Waals surface area contributed by atoms with Gasteiger partial charge < -0.3 is 4.74 Å². The first-order chi connectivity index (χ1) is 12.4. The van der Waals surface area contributed by atoms with Crippen LogP contribution in [0.4, 0.5) is 5.69 Å². The van der Waals surface area contributed by atoms with Crippen LogP contribution < -0.4 is 4.90 Å². The zero-order valence-electron chi connectivity index (χ0n) is 15.0. The molecule has 2 saturated heterocycles. The fourth-order valence-electron chi connectivity index (χ4n) is 3.68. The second-order valence-corrected chi connectivity index (χ2v) is 7.22. The number of nitrogens with zero attached hydrogens (tertiary/aromatic N) is 2. The number of hydrogen-bond donors (Lipinski definition) is 0. The molecule has 3 rings (SSSR count). The van der Waals surface area contributed by atoms with Crippen molar-refractivity contribution in [1.29, 1.82) is 0 Å². The minimum Gasteiger partial charge on any atom is -0.466 e. The summed E-state index contributed by atoms with van der Waals surface area (Å²) in [5.41, 5.74) is 1.38. The number of piperidine rings is 1. The normalized spacial score (nSPS) is 22.1. The van der Waals surface area contributed by atoms with Crippen LogP contribution in [0.25, 0.3) is 0 Å². The molecule has 0 N–H and O–H groups in total. The van der Waals surface area contributed by atoms with Gasteiger partial charge in [0.05, 0.1) is 30.7 Å². The highest BCUT2D eigenvalue weighted by Gasteiger charge is 2.44. The van der Waals surface area contributed by atoms with Crippen molar-refractivity contribution in [2.45, 2.75) is 39.2 Å². The lowest BCUT2D eigenvalue weighted by molar-refractivity contribution is -0.149. The van der Waals surface area contributed by atoms with Gasteiger partial charge in [0, 0.05) is 5.02 Å². The van der Waals surface area contributed by atoms with Crippen molar-refractivity contribution in [1.82, 2.24) is 4.90 Å². The molecule has 0 aromatic heterocycles. The minimum atomic E-state index is -0.468. The topological polar surface area (TPSA) is 66.9 Å². The molecule has 140 valence electrons. The van der Waals surface area contributed by atoms with E-state index in [1.807, 2.05) is 11.8 Å². The molecule has 0 radical (unpaired) electrons. The van der Waals surface area contributed by atoms with Gasteiger partial charge in [0.1, 0.15) is 0 Å². The number of aryl methyl sites for hydroxylation is 1. The van der Waals surface area contributed by atoms with E-state index in [2.05, 4.69) is 0 Å². The van der Waals surface area contributed by atoms with Crippen molar-refractivity contribution in [2.75, 3.05) is 24.6 Å². The Morgan fingerprint density at radius 1 is 1.27 bits per heavy atom. The Hall–Kier alpha value is -1.92. The van der Waals surface area contributed by atoms with Crippen LogP contribution in [-0.4, -0.2) is 48.4 Å². The highest BCUT2D eigenvalue weighted by atomic mass is 35.5. The second-order valence-electron chi connectivity index (χ2n) is 6.78. The predicted molar refractivity (Wildman–Crippen MR) is 98.0 cm³/mol. The maximum Gasteiger partial charge on any atom is 0.309 e. The molecule has 0 spiro atoms. The van der Waals surface area contributed by atoms with Gasteiger partial charge in [-0.2, -0.15) is 0 Å². The first kappa shape index (κ1) is 18.9. The number of anilines is 1. The van der Waals surface area contributed by atoms with Crippen LogP contribution in [0, 0.1) is 12.8 Å². The van der Waals surface area contributed by atoms with Crippen molar-refractivity contribution < 1.29 is 19.1 Å². The summed E-state index contributed by atoms with van der Waals surface area (Å²) in [5, 5.41) is 0.491. The Morgan fingerprint density at radius 2 is 1.96 bits per heavy atom. The van der Waals surface area contributed by atoms with E-state index in [4.69, 9.17) is 16.3 Å². The van der Waals surface area contributed by atoms with Crippen molar-refractivity contribution in [3.63, 3.8) is 0 Å². The number of likely N-dealkylation sites (tertiary alicyclic amines) is 1. The Morgan fingerprint density at radius 3 is 2.62 bits per heavy atom. The Labute approximate surface area is 158 Å². The molecule has 1 aromatic rings. The van der Waals surface area contributed by atoms with Gasteiger partial charge in [-0.1, -0.05) is 17.7 Å². The van der Waals surface area contributed by atoms with E-state index in [0.29, 0.717) is 43.2 Å². The predicted octanol–water partition coefficient (Wildman–Crippen LogP) is 2.56. The van der Waals surface area contributed by atoms with E-state index in [9.17, 15) is 14.4 Å². The minimum absolute atomic E-state index is 0.121. The van der Waals surface area contributed by atoms with Crippen LogP contribution >= 0.6 is 11.6 Å². The SMILES string of the molecule is CCOC(=O)C1CCN([C@@H]2CC(=O)N(c3cc(Cl)ccc3C)C2=O)CC1. The summed E-state index contributed by atoms with van der Waals surface area (Å²) >= 11 is 6.04. The molecule has 2 heterocycles. The average Bonchev–Trinajstić information content (AvgIpc) is 2.92. The molecule has 2 aliphatic rings. The lowest BCUT2D eigenvalue weighted by Crippen LogP contribution is -2.47. The number of benzene rings is 1. The third kappa shape index (κ3) is 3.62. The van der Waals surface area contributed by atoms with E-state index in [1.165, 1.54) is 4.90 Å². The van der Waals surface area contributed by atoms with E-state index in [0.717, 1.165) is 5.56 Å². The fourth-order valence-corrected chi connectivity index (χ4v) is 3.85. The summed E-state index contributed by atoms with van der Waals surface area (Å²) in [6.45, 7) is 5.24. The number of hydrogen-bond acceptors (Lipinski definition) is 5. The molecule has 2 fully saturated rings. The molecule has 0 unspecified atom stereocenters. The van der Waals surface area contributed by atoms with Crippen molar-refractivity contribution in [3.05, 3.63) is 28.8 Å². The number of carbonyl (C=O) groups excluding carboxylic acids is 3. The standard InChI is InChI=1S/C19H23ClN2O4/c1-3-26-19(25)13-6-8-21(9-7-13)16-11-17(23)22(18(16)24)15-10-14(20)5-4-12(15)2/h4-5,10,13,16H,3,6-9,11H2,1-2H3/t16-/m1/s1. The third-order valence-electron chi connectivity index (χ3n) is 5.13. The molecule has 2 amide bonds. The average molecular weight is 379 g/mol. The lowest BCUT2D eigenvalue weighted by Gasteiger charge is -2.33. The number of imide groups is 1. The number of rotatable bonds is 4. The first-order valence-corrected chi connectivity index (χ1v) is 9.33. The van der Waals surface area contributed by atoms with Crippen LogP contribution in [-0.2, 0) is 19.1 Å². The smallest absolute Gasteiger partial charge is 0.309 e. The Kier molecular flexibility index (Phi) is 5.63. The van der Waals surface area contributed by atoms with Gasteiger partial charge in [-0.25, -0.2) is 4.90 Å². The van der Waals surface area contributed by atoms with Gasteiger partial charge in [0.15, 0.2) is 0 Å². The van der Waals surface area contributed by atoms with E-state index >= 15 is 0 Å². The van der Waals surface area contributed by atoms with Gasteiger partial charge in [0.25, 0.3) is 5.91 Å². The molecule has 26 heavy (non-hydrogen) atoms. The number of carbonyl (C=O) groups is 3. The molecule has 1 aromatic carbocycles. The molecule has 0 bridgehead atoms. The zero-order chi connectivity index (χ0) is 18.8. The van der Waals surface area contributed by atoms with Crippen molar-refractivity contribution in [3.8, 4) is 0 Å². The summed E-state index contributed by atoms with van der Waals surface area (Å²) < 4.78 is 5.08. The summed E-state index contributed by atoms with van der Waals surface area (Å²) in [5.74, 6) is -0.713. The van der Waals surface area contributed by atoms with Crippen molar-refractivity contribution in [2.24, 2.45) is 5.92 Å². The van der Waals surface area contributed by atoms with Gasteiger partial charge >= 0.3 is 5.97 Å². The highest BCUT2D eigenvalue weighted by Crippen LogP contribution is 2.32. The van der Waals surface area contributed by atoms with Gasteiger partial charge in [0.2, 0.25) is 5.91 Å². The number of ether oxygens (including phenoxy) is 1. The summed E-state index contributed by atoms with van der Waals surface area (Å²) in [6.07, 6.45) is 1.45. The Balaban J connectivity index is 1.70.